The minimum Gasteiger partial charge on any atom is -0.348 e. The Hall–Kier alpha value is -2.10. The van der Waals surface area contributed by atoms with Crippen molar-refractivity contribution < 1.29 is 4.79 Å². The van der Waals surface area contributed by atoms with Crippen LogP contribution in [-0.2, 0) is 11.3 Å². The number of rotatable bonds is 5. The van der Waals surface area contributed by atoms with Crippen molar-refractivity contribution in [2.24, 2.45) is 5.92 Å². The Labute approximate surface area is 181 Å². The van der Waals surface area contributed by atoms with Crippen LogP contribution in [0, 0.1) is 31.1 Å². The maximum Gasteiger partial charge on any atom is 0.264 e. The largest absolute Gasteiger partial charge is 0.348 e. The number of likely N-dealkylation sites (tertiary alicyclic amines) is 1. The van der Waals surface area contributed by atoms with Crippen molar-refractivity contribution >= 4 is 12.0 Å². The zero-order valence-corrected chi connectivity index (χ0v) is 19.3. The molecule has 2 aliphatic heterocycles. The molecular formula is C24H37N5O. The van der Waals surface area contributed by atoms with Crippen LogP contribution < -0.4 is 0 Å². The summed E-state index contributed by atoms with van der Waals surface area (Å²) in [6, 6.07) is 4.84. The number of nitriles is 1. The maximum atomic E-state index is 13.1. The van der Waals surface area contributed by atoms with Gasteiger partial charge >= 0.3 is 0 Å². The number of carbonyl (C=O) groups excluding carboxylic acids is 1. The van der Waals surface area contributed by atoms with Gasteiger partial charge in [-0.15, -0.1) is 0 Å². The van der Waals surface area contributed by atoms with Crippen LogP contribution in [0.1, 0.15) is 43.6 Å². The summed E-state index contributed by atoms with van der Waals surface area (Å²) in [5, 5.41) is 9.70. The summed E-state index contributed by atoms with van der Waals surface area (Å²) < 4.78 is 2.27. The SMILES string of the molecule is Cc1cc(/C=C(/C#N)C(=O)N2CCN(C3CCCN(C)C3)CC2)c(C)n1CC(C)C. The second-order valence-electron chi connectivity index (χ2n) is 9.39. The fraction of sp³-hybridized carbons (Fsp3) is 0.667. The van der Waals surface area contributed by atoms with E-state index < -0.39 is 0 Å². The number of nitrogens with zero attached hydrogens (tertiary/aromatic N) is 5. The fourth-order valence-corrected chi connectivity index (χ4v) is 4.82. The Morgan fingerprint density at radius 2 is 1.93 bits per heavy atom. The molecule has 0 aliphatic carbocycles. The number of hydrogen-bond acceptors (Lipinski definition) is 4. The van der Waals surface area contributed by atoms with Gasteiger partial charge in [-0.2, -0.15) is 5.26 Å². The Kier molecular flexibility index (Phi) is 7.38. The second kappa shape index (κ2) is 9.80. The highest BCUT2D eigenvalue weighted by atomic mass is 16.2. The molecule has 0 saturated carbocycles. The van der Waals surface area contributed by atoms with E-state index in [0.717, 1.165) is 37.4 Å². The van der Waals surface area contributed by atoms with Gasteiger partial charge in [-0.1, -0.05) is 13.8 Å². The van der Waals surface area contributed by atoms with Crippen LogP contribution in [0.4, 0.5) is 0 Å². The van der Waals surface area contributed by atoms with Crippen LogP contribution in [0.3, 0.4) is 0 Å². The Morgan fingerprint density at radius 1 is 1.23 bits per heavy atom. The first-order valence-electron chi connectivity index (χ1n) is 11.3. The molecule has 2 fully saturated rings. The highest BCUT2D eigenvalue weighted by molar-refractivity contribution is 6.01. The molecular weight excluding hydrogens is 374 g/mol. The second-order valence-corrected chi connectivity index (χ2v) is 9.39. The van der Waals surface area contributed by atoms with Gasteiger partial charge in [-0.05, 0) is 63.9 Å². The van der Waals surface area contributed by atoms with Gasteiger partial charge < -0.3 is 14.4 Å². The molecule has 0 N–H and O–H groups in total. The number of piperidine rings is 1. The third-order valence-corrected chi connectivity index (χ3v) is 6.53. The molecule has 2 aliphatic rings. The first-order chi connectivity index (χ1) is 14.3. The van der Waals surface area contributed by atoms with Gasteiger partial charge in [0.15, 0.2) is 0 Å². The van der Waals surface area contributed by atoms with Crippen molar-refractivity contribution in [2.75, 3.05) is 46.3 Å². The number of carbonyl (C=O) groups is 1. The van der Waals surface area contributed by atoms with E-state index in [1.54, 1.807) is 6.08 Å². The number of piperazine rings is 1. The highest BCUT2D eigenvalue weighted by Crippen LogP contribution is 2.21. The summed E-state index contributed by atoms with van der Waals surface area (Å²) >= 11 is 0. The Balaban J connectivity index is 1.66. The van der Waals surface area contributed by atoms with Crippen molar-refractivity contribution in [1.29, 1.82) is 5.26 Å². The topological polar surface area (TPSA) is 55.5 Å². The number of amides is 1. The molecule has 3 heterocycles. The molecule has 3 rings (SSSR count). The summed E-state index contributed by atoms with van der Waals surface area (Å²) in [6.07, 6.45) is 4.27. The van der Waals surface area contributed by atoms with E-state index in [9.17, 15) is 10.1 Å². The molecule has 2 saturated heterocycles. The summed E-state index contributed by atoms with van der Waals surface area (Å²) in [6.45, 7) is 15.0. The van der Waals surface area contributed by atoms with E-state index in [-0.39, 0.29) is 11.5 Å². The van der Waals surface area contributed by atoms with Crippen molar-refractivity contribution in [3.63, 3.8) is 0 Å². The van der Waals surface area contributed by atoms with Crippen LogP contribution in [0.15, 0.2) is 11.6 Å². The predicted octanol–water partition coefficient (Wildman–Crippen LogP) is 2.91. The summed E-state index contributed by atoms with van der Waals surface area (Å²) in [5.41, 5.74) is 3.50. The molecule has 1 aromatic heterocycles. The van der Waals surface area contributed by atoms with Gasteiger partial charge in [0.05, 0.1) is 0 Å². The van der Waals surface area contributed by atoms with Crippen LogP contribution in [0.25, 0.3) is 6.08 Å². The monoisotopic (exact) mass is 411 g/mol. The molecule has 1 atom stereocenters. The minimum atomic E-state index is -0.133. The number of aryl methyl sites for hydroxylation is 1. The summed E-state index contributed by atoms with van der Waals surface area (Å²) in [5.74, 6) is 0.413. The normalized spacial score (nSPS) is 21.8. The van der Waals surface area contributed by atoms with E-state index in [1.807, 2.05) is 4.90 Å². The Bertz CT molecular complexity index is 823. The quantitative estimate of drug-likeness (QED) is 0.552. The van der Waals surface area contributed by atoms with Gasteiger partial charge in [-0.25, -0.2) is 0 Å². The zero-order valence-electron chi connectivity index (χ0n) is 19.3. The average Bonchev–Trinajstić information content (AvgIpc) is 2.98. The van der Waals surface area contributed by atoms with E-state index in [4.69, 9.17) is 0 Å². The zero-order chi connectivity index (χ0) is 21.8. The van der Waals surface area contributed by atoms with E-state index in [1.165, 1.54) is 25.1 Å². The molecule has 0 spiro atoms. The lowest BCUT2D eigenvalue weighted by Gasteiger charge is -2.42. The van der Waals surface area contributed by atoms with Crippen LogP contribution in [0.2, 0.25) is 0 Å². The predicted molar refractivity (Wildman–Crippen MR) is 121 cm³/mol. The maximum absolute atomic E-state index is 13.1. The van der Waals surface area contributed by atoms with Crippen LogP contribution in [-0.4, -0.2) is 77.5 Å². The van der Waals surface area contributed by atoms with Gasteiger partial charge in [0.2, 0.25) is 0 Å². The third kappa shape index (κ3) is 5.14. The van der Waals surface area contributed by atoms with E-state index in [0.29, 0.717) is 25.0 Å². The third-order valence-electron chi connectivity index (χ3n) is 6.53. The molecule has 0 radical (unpaired) electrons. The lowest BCUT2D eigenvalue weighted by atomic mass is 10.0. The Morgan fingerprint density at radius 3 is 2.53 bits per heavy atom. The van der Waals surface area contributed by atoms with Gasteiger partial charge in [0.1, 0.15) is 11.6 Å². The summed E-state index contributed by atoms with van der Waals surface area (Å²) in [4.78, 5) is 19.8. The smallest absolute Gasteiger partial charge is 0.264 e. The first kappa shape index (κ1) is 22.6. The highest BCUT2D eigenvalue weighted by Gasteiger charge is 2.29. The van der Waals surface area contributed by atoms with Gasteiger partial charge in [-0.3, -0.25) is 9.69 Å². The molecule has 0 aromatic carbocycles. The van der Waals surface area contributed by atoms with Gasteiger partial charge in [0.25, 0.3) is 5.91 Å². The minimum absolute atomic E-state index is 0.133. The molecule has 164 valence electrons. The summed E-state index contributed by atoms with van der Waals surface area (Å²) in [7, 11) is 2.19. The van der Waals surface area contributed by atoms with Crippen molar-refractivity contribution in [3.05, 3.63) is 28.6 Å². The standard InChI is InChI=1S/C24H37N5O/c1-18(2)16-29-19(3)13-21(20(29)4)14-22(15-25)24(30)28-11-9-27(10-12-28)23-7-6-8-26(5)17-23/h13-14,18,23H,6-12,16-17H2,1-5H3/b22-14-. The van der Waals surface area contributed by atoms with Crippen molar-refractivity contribution in [1.82, 2.24) is 19.3 Å². The molecule has 1 aromatic rings. The van der Waals surface area contributed by atoms with E-state index >= 15 is 0 Å². The van der Waals surface area contributed by atoms with Crippen molar-refractivity contribution in [2.45, 2.75) is 53.1 Å². The molecule has 6 nitrogen and oxygen atoms in total. The number of hydrogen-bond donors (Lipinski definition) is 0. The average molecular weight is 412 g/mol. The van der Waals surface area contributed by atoms with Crippen LogP contribution in [0.5, 0.6) is 0 Å². The molecule has 6 heteroatoms. The first-order valence-corrected chi connectivity index (χ1v) is 11.3. The van der Waals surface area contributed by atoms with E-state index in [2.05, 4.69) is 61.2 Å². The molecule has 1 unspecified atom stereocenters. The molecule has 30 heavy (non-hydrogen) atoms. The van der Waals surface area contributed by atoms with Crippen LogP contribution >= 0.6 is 0 Å². The number of likely N-dealkylation sites (N-methyl/N-ethyl adjacent to an activating group) is 1. The molecule has 1 amide bonds. The number of aromatic nitrogens is 1. The fourth-order valence-electron chi connectivity index (χ4n) is 4.82. The lowest BCUT2D eigenvalue weighted by Crippen LogP contribution is -2.55. The van der Waals surface area contributed by atoms with Gasteiger partial charge in [0, 0.05) is 56.7 Å². The lowest BCUT2D eigenvalue weighted by molar-refractivity contribution is -0.128. The van der Waals surface area contributed by atoms with Crippen molar-refractivity contribution in [3.8, 4) is 6.07 Å². The molecule has 0 bridgehead atoms.